The Balaban J connectivity index is 1.45. The van der Waals surface area contributed by atoms with Crippen LogP contribution < -0.4 is 16.0 Å². The molecule has 3 unspecified atom stereocenters. The molecule has 120 valence electrons. The quantitative estimate of drug-likeness (QED) is 0.893. The molecule has 1 amide bonds. The number of halogens is 1. The number of anilines is 1. The van der Waals surface area contributed by atoms with E-state index in [1.807, 2.05) is 12.1 Å². The van der Waals surface area contributed by atoms with Gasteiger partial charge in [-0.05, 0) is 55.9 Å². The molecular weight excluding hydrogens is 281 g/mol. The van der Waals surface area contributed by atoms with Gasteiger partial charge in [-0.3, -0.25) is 4.79 Å². The number of amides is 1. The molecular formula is C17H24FN3O. The van der Waals surface area contributed by atoms with Crippen molar-refractivity contribution >= 4 is 11.6 Å². The highest BCUT2D eigenvalue weighted by Gasteiger charge is 2.29. The van der Waals surface area contributed by atoms with Crippen LogP contribution in [-0.2, 0) is 4.79 Å². The van der Waals surface area contributed by atoms with Gasteiger partial charge in [0, 0.05) is 37.3 Å². The van der Waals surface area contributed by atoms with Crippen LogP contribution in [-0.4, -0.2) is 31.6 Å². The van der Waals surface area contributed by atoms with Gasteiger partial charge in [-0.25, -0.2) is 4.39 Å². The number of rotatable bonds is 4. The van der Waals surface area contributed by atoms with Crippen LogP contribution in [0.2, 0.25) is 0 Å². The van der Waals surface area contributed by atoms with Gasteiger partial charge in [-0.1, -0.05) is 0 Å². The van der Waals surface area contributed by atoms with Gasteiger partial charge in [-0.2, -0.15) is 0 Å². The number of benzene rings is 1. The zero-order chi connectivity index (χ0) is 15.5. The van der Waals surface area contributed by atoms with Crippen LogP contribution in [0.4, 0.5) is 10.1 Å². The summed E-state index contributed by atoms with van der Waals surface area (Å²) in [5.74, 6) is 0.517. The number of nitrogens with one attached hydrogen (secondary N) is 1. The Kier molecular flexibility index (Phi) is 4.62. The summed E-state index contributed by atoms with van der Waals surface area (Å²) in [5.41, 5.74) is 6.91. The van der Waals surface area contributed by atoms with Crippen molar-refractivity contribution in [3.05, 3.63) is 30.1 Å². The molecule has 4 nitrogen and oxygen atoms in total. The summed E-state index contributed by atoms with van der Waals surface area (Å²) in [6.07, 6.45) is 3.75. The van der Waals surface area contributed by atoms with E-state index in [9.17, 15) is 9.18 Å². The van der Waals surface area contributed by atoms with Crippen LogP contribution in [0.25, 0.3) is 0 Å². The number of nitrogens with zero attached hydrogens (tertiary/aromatic N) is 1. The monoisotopic (exact) mass is 305 g/mol. The van der Waals surface area contributed by atoms with Crippen molar-refractivity contribution in [2.45, 2.75) is 31.7 Å². The molecule has 0 spiro atoms. The first kappa shape index (κ1) is 15.3. The average Bonchev–Trinajstić information content (AvgIpc) is 3.15. The van der Waals surface area contributed by atoms with Crippen LogP contribution >= 0.6 is 0 Å². The molecule has 2 aliphatic rings. The fraction of sp³-hybridized carbons (Fsp3) is 0.588. The smallest absolute Gasteiger partial charge is 0.223 e. The first-order valence-corrected chi connectivity index (χ1v) is 8.15. The molecule has 1 saturated carbocycles. The molecule has 0 aromatic heterocycles. The molecule has 1 aliphatic heterocycles. The normalized spacial score (nSPS) is 28.1. The van der Waals surface area contributed by atoms with E-state index in [4.69, 9.17) is 5.73 Å². The second-order valence-corrected chi connectivity index (χ2v) is 6.59. The van der Waals surface area contributed by atoms with Gasteiger partial charge in [-0.15, -0.1) is 0 Å². The van der Waals surface area contributed by atoms with Crippen molar-refractivity contribution in [1.82, 2.24) is 5.32 Å². The summed E-state index contributed by atoms with van der Waals surface area (Å²) < 4.78 is 13.0. The zero-order valence-electron chi connectivity index (χ0n) is 12.8. The summed E-state index contributed by atoms with van der Waals surface area (Å²) in [6, 6.07) is 6.81. The van der Waals surface area contributed by atoms with Crippen LogP contribution in [0.3, 0.4) is 0 Å². The van der Waals surface area contributed by atoms with Gasteiger partial charge >= 0.3 is 0 Å². The van der Waals surface area contributed by atoms with E-state index in [1.54, 1.807) is 0 Å². The van der Waals surface area contributed by atoms with E-state index in [0.717, 1.165) is 51.0 Å². The molecule has 1 aromatic carbocycles. The number of hydrogen-bond acceptors (Lipinski definition) is 3. The van der Waals surface area contributed by atoms with Gasteiger partial charge < -0.3 is 16.0 Å². The summed E-state index contributed by atoms with van der Waals surface area (Å²) >= 11 is 0. The predicted octanol–water partition coefficient (Wildman–Crippen LogP) is 1.90. The van der Waals surface area contributed by atoms with E-state index < -0.39 is 0 Å². The number of nitrogens with two attached hydrogens (primary N) is 1. The molecule has 3 rings (SSSR count). The maximum absolute atomic E-state index is 13.0. The molecule has 2 fully saturated rings. The van der Waals surface area contributed by atoms with Gasteiger partial charge in [0.25, 0.3) is 0 Å². The van der Waals surface area contributed by atoms with Gasteiger partial charge in [0.05, 0.1) is 0 Å². The summed E-state index contributed by atoms with van der Waals surface area (Å²) in [7, 11) is 0. The third-order valence-electron chi connectivity index (χ3n) is 4.89. The van der Waals surface area contributed by atoms with Gasteiger partial charge in [0.2, 0.25) is 5.91 Å². The number of hydrogen-bond donors (Lipinski definition) is 2. The van der Waals surface area contributed by atoms with Crippen LogP contribution in [0.1, 0.15) is 25.7 Å². The number of carbonyl (C=O) groups excluding carboxylic acids is 1. The van der Waals surface area contributed by atoms with Gasteiger partial charge in [0.15, 0.2) is 0 Å². The molecule has 3 N–H and O–H groups in total. The largest absolute Gasteiger partial charge is 0.371 e. The molecule has 1 heterocycles. The molecule has 3 atom stereocenters. The highest BCUT2D eigenvalue weighted by Crippen LogP contribution is 2.25. The average molecular weight is 305 g/mol. The molecule has 0 radical (unpaired) electrons. The fourth-order valence-corrected chi connectivity index (χ4v) is 3.53. The Morgan fingerprint density at radius 1 is 1.27 bits per heavy atom. The first-order chi connectivity index (χ1) is 10.6. The summed E-state index contributed by atoms with van der Waals surface area (Å²) in [6.45, 7) is 2.60. The van der Waals surface area contributed by atoms with Crippen LogP contribution in [0.5, 0.6) is 0 Å². The lowest BCUT2D eigenvalue weighted by atomic mass is 10.1. The fourth-order valence-electron chi connectivity index (χ4n) is 3.53. The predicted molar refractivity (Wildman–Crippen MR) is 85.0 cm³/mol. The first-order valence-electron chi connectivity index (χ1n) is 8.15. The van der Waals surface area contributed by atoms with Crippen LogP contribution in [0, 0.1) is 17.7 Å². The zero-order valence-corrected chi connectivity index (χ0v) is 12.8. The summed E-state index contributed by atoms with van der Waals surface area (Å²) in [4.78, 5) is 14.4. The van der Waals surface area contributed by atoms with Crippen molar-refractivity contribution in [2.24, 2.45) is 17.6 Å². The Morgan fingerprint density at radius 3 is 2.73 bits per heavy atom. The maximum atomic E-state index is 13.0. The Hall–Kier alpha value is -1.62. The Morgan fingerprint density at radius 2 is 2.05 bits per heavy atom. The van der Waals surface area contributed by atoms with Crippen molar-refractivity contribution in [1.29, 1.82) is 0 Å². The van der Waals surface area contributed by atoms with Gasteiger partial charge in [0.1, 0.15) is 5.82 Å². The lowest BCUT2D eigenvalue weighted by molar-refractivity contribution is -0.125. The molecule has 1 aromatic rings. The minimum absolute atomic E-state index is 0.101. The molecule has 1 aliphatic carbocycles. The Labute approximate surface area is 130 Å². The molecule has 0 bridgehead atoms. The maximum Gasteiger partial charge on any atom is 0.223 e. The van der Waals surface area contributed by atoms with Crippen molar-refractivity contribution in [3.8, 4) is 0 Å². The highest BCUT2D eigenvalue weighted by molar-refractivity contribution is 5.79. The van der Waals surface area contributed by atoms with E-state index in [-0.39, 0.29) is 23.7 Å². The third kappa shape index (κ3) is 3.58. The van der Waals surface area contributed by atoms with E-state index in [2.05, 4.69) is 10.2 Å². The lowest BCUT2D eigenvalue weighted by Crippen LogP contribution is -2.35. The third-order valence-corrected chi connectivity index (χ3v) is 4.89. The number of carbonyl (C=O) groups is 1. The SMILES string of the molecule is NC1CCC(C(=O)NCC2CCN(c3ccc(F)cc3)C2)C1. The topological polar surface area (TPSA) is 58.4 Å². The van der Waals surface area contributed by atoms with Crippen LogP contribution in [0.15, 0.2) is 24.3 Å². The molecule has 22 heavy (non-hydrogen) atoms. The second kappa shape index (κ2) is 6.65. The second-order valence-electron chi connectivity index (χ2n) is 6.59. The van der Waals surface area contributed by atoms with Crippen molar-refractivity contribution < 1.29 is 9.18 Å². The minimum Gasteiger partial charge on any atom is -0.371 e. The van der Waals surface area contributed by atoms with E-state index in [1.165, 1.54) is 12.1 Å². The van der Waals surface area contributed by atoms with Crippen molar-refractivity contribution in [2.75, 3.05) is 24.5 Å². The lowest BCUT2D eigenvalue weighted by Gasteiger charge is -2.19. The minimum atomic E-state index is -0.207. The molecule has 5 heteroatoms. The van der Waals surface area contributed by atoms with E-state index >= 15 is 0 Å². The standard InChI is InChI=1S/C17H24FN3O/c18-14-2-5-16(6-3-14)21-8-7-12(11-21)10-20-17(22)13-1-4-15(19)9-13/h2-3,5-6,12-13,15H,1,4,7-11,19H2,(H,20,22). The summed E-state index contributed by atoms with van der Waals surface area (Å²) in [5, 5.41) is 3.09. The Bertz CT molecular complexity index is 519. The van der Waals surface area contributed by atoms with Crippen molar-refractivity contribution in [3.63, 3.8) is 0 Å². The highest BCUT2D eigenvalue weighted by atomic mass is 19.1. The van der Waals surface area contributed by atoms with E-state index in [0.29, 0.717) is 5.92 Å². The molecule has 1 saturated heterocycles.